The lowest BCUT2D eigenvalue weighted by Crippen LogP contribution is -2.05. The van der Waals surface area contributed by atoms with Crippen LogP contribution in [0.4, 0.5) is 0 Å². The number of rotatable bonds is 4. The van der Waals surface area contributed by atoms with Gasteiger partial charge in [-0.05, 0) is 18.4 Å². The summed E-state index contributed by atoms with van der Waals surface area (Å²) in [5.41, 5.74) is 0. The van der Waals surface area contributed by atoms with Crippen molar-refractivity contribution in [3.63, 3.8) is 0 Å². The third-order valence-corrected chi connectivity index (χ3v) is 1.63. The van der Waals surface area contributed by atoms with Crippen LogP contribution in [0.5, 0.6) is 0 Å². The molecule has 1 unspecified atom stereocenters. The minimum absolute atomic E-state index is 0.264. The molecule has 52 valence electrons. The first-order valence-corrected chi connectivity index (χ1v) is 4.24. The van der Waals surface area contributed by atoms with Gasteiger partial charge in [-0.15, -0.1) is 0 Å². The van der Waals surface area contributed by atoms with Crippen LogP contribution in [0.2, 0.25) is 0 Å². The standard InChI is InChI=1S/C6H11NOS/c1-9-5-3-6(8)2-4-7/h6,8H,2-3,5H2,1H3. The first kappa shape index (κ1) is 8.80. The van der Waals surface area contributed by atoms with Crippen LogP contribution in [0.15, 0.2) is 0 Å². The summed E-state index contributed by atoms with van der Waals surface area (Å²) in [6.07, 6.45) is 2.57. The van der Waals surface area contributed by atoms with E-state index >= 15 is 0 Å². The molecule has 0 radical (unpaired) electrons. The van der Waals surface area contributed by atoms with Crippen LogP contribution in [0.25, 0.3) is 0 Å². The van der Waals surface area contributed by atoms with Gasteiger partial charge in [0, 0.05) is 0 Å². The third-order valence-electron chi connectivity index (χ3n) is 0.982. The minimum Gasteiger partial charge on any atom is -0.392 e. The SMILES string of the molecule is CSCCC(O)CC#N. The number of hydrogen-bond donors (Lipinski definition) is 1. The molecule has 0 heterocycles. The van der Waals surface area contributed by atoms with E-state index < -0.39 is 6.10 Å². The molecule has 0 aliphatic heterocycles. The van der Waals surface area contributed by atoms with Gasteiger partial charge in [0.05, 0.1) is 18.6 Å². The maximum atomic E-state index is 8.94. The molecule has 0 saturated carbocycles. The second-order valence-electron chi connectivity index (χ2n) is 1.80. The van der Waals surface area contributed by atoms with E-state index in [0.29, 0.717) is 0 Å². The van der Waals surface area contributed by atoms with Crippen molar-refractivity contribution in [1.29, 1.82) is 5.26 Å². The van der Waals surface area contributed by atoms with E-state index in [0.717, 1.165) is 12.2 Å². The molecular formula is C6H11NOS. The molecular weight excluding hydrogens is 134 g/mol. The Labute approximate surface area is 59.9 Å². The Bertz CT molecular complexity index is 99.7. The van der Waals surface area contributed by atoms with E-state index in [4.69, 9.17) is 10.4 Å². The Balaban J connectivity index is 3.08. The fourth-order valence-corrected chi connectivity index (χ4v) is 0.969. The molecule has 0 aromatic rings. The maximum Gasteiger partial charge on any atom is 0.0677 e. The van der Waals surface area contributed by atoms with Gasteiger partial charge in [-0.25, -0.2) is 0 Å². The van der Waals surface area contributed by atoms with Gasteiger partial charge in [-0.3, -0.25) is 0 Å². The number of hydrogen-bond acceptors (Lipinski definition) is 3. The van der Waals surface area contributed by atoms with Crippen molar-refractivity contribution in [2.45, 2.75) is 18.9 Å². The van der Waals surface area contributed by atoms with Crippen LogP contribution < -0.4 is 0 Å². The van der Waals surface area contributed by atoms with E-state index in [2.05, 4.69) is 0 Å². The largest absolute Gasteiger partial charge is 0.392 e. The van der Waals surface area contributed by atoms with E-state index in [-0.39, 0.29) is 6.42 Å². The van der Waals surface area contributed by atoms with Gasteiger partial charge < -0.3 is 5.11 Å². The van der Waals surface area contributed by atoms with E-state index in [1.54, 1.807) is 11.8 Å². The highest BCUT2D eigenvalue weighted by molar-refractivity contribution is 7.98. The second kappa shape index (κ2) is 5.93. The summed E-state index contributed by atoms with van der Waals surface area (Å²) in [5.74, 6) is 0.933. The van der Waals surface area contributed by atoms with E-state index in [9.17, 15) is 0 Å². The number of aliphatic hydroxyl groups excluding tert-OH is 1. The summed E-state index contributed by atoms with van der Waals surface area (Å²) in [7, 11) is 0. The van der Waals surface area contributed by atoms with E-state index in [1.807, 2.05) is 12.3 Å². The van der Waals surface area contributed by atoms with Gasteiger partial charge in [-0.2, -0.15) is 17.0 Å². The lowest BCUT2D eigenvalue weighted by molar-refractivity contribution is 0.177. The summed E-state index contributed by atoms with van der Waals surface area (Å²) in [6.45, 7) is 0. The minimum atomic E-state index is -0.414. The summed E-state index contributed by atoms with van der Waals surface area (Å²) >= 11 is 1.69. The van der Waals surface area contributed by atoms with Crippen molar-refractivity contribution >= 4 is 11.8 Å². The Morgan fingerprint density at radius 2 is 2.44 bits per heavy atom. The molecule has 0 aromatic carbocycles. The van der Waals surface area contributed by atoms with Gasteiger partial charge in [-0.1, -0.05) is 0 Å². The molecule has 0 amide bonds. The molecule has 0 bridgehead atoms. The summed E-state index contributed by atoms with van der Waals surface area (Å²) in [4.78, 5) is 0. The lowest BCUT2D eigenvalue weighted by Gasteiger charge is -2.02. The monoisotopic (exact) mass is 145 g/mol. The Morgan fingerprint density at radius 3 is 2.89 bits per heavy atom. The predicted octanol–water partition coefficient (Wildman–Crippen LogP) is 1.01. The van der Waals surface area contributed by atoms with Crippen molar-refractivity contribution in [1.82, 2.24) is 0 Å². The fraction of sp³-hybridized carbons (Fsp3) is 0.833. The van der Waals surface area contributed by atoms with Crippen molar-refractivity contribution < 1.29 is 5.11 Å². The van der Waals surface area contributed by atoms with Gasteiger partial charge in [0.1, 0.15) is 0 Å². The quantitative estimate of drug-likeness (QED) is 0.642. The lowest BCUT2D eigenvalue weighted by atomic mass is 10.2. The molecule has 0 aliphatic rings. The van der Waals surface area contributed by atoms with Gasteiger partial charge in [0.2, 0.25) is 0 Å². The number of aliphatic hydroxyl groups is 1. The van der Waals surface area contributed by atoms with Crippen LogP contribution in [0.1, 0.15) is 12.8 Å². The molecule has 0 aromatic heterocycles. The normalized spacial score (nSPS) is 12.6. The van der Waals surface area contributed by atoms with E-state index in [1.165, 1.54) is 0 Å². The Hall–Kier alpha value is -0.200. The topological polar surface area (TPSA) is 44.0 Å². The molecule has 0 saturated heterocycles. The van der Waals surface area contributed by atoms with Crippen LogP contribution in [0, 0.1) is 11.3 Å². The van der Waals surface area contributed by atoms with Gasteiger partial charge >= 0.3 is 0 Å². The number of nitrogens with zero attached hydrogens (tertiary/aromatic N) is 1. The highest BCUT2D eigenvalue weighted by Gasteiger charge is 2.00. The molecule has 0 aliphatic carbocycles. The molecule has 2 nitrogen and oxygen atoms in total. The second-order valence-corrected chi connectivity index (χ2v) is 2.78. The van der Waals surface area contributed by atoms with Crippen LogP contribution >= 0.6 is 11.8 Å². The van der Waals surface area contributed by atoms with Gasteiger partial charge in [0.25, 0.3) is 0 Å². The zero-order valence-corrected chi connectivity index (χ0v) is 6.32. The zero-order chi connectivity index (χ0) is 7.11. The van der Waals surface area contributed by atoms with Gasteiger partial charge in [0.15, 0.2) is 0 Å². The third kappa shape index (κ3) is 5.67. The predicted molar refractivity (Wildman–Crippen MR) is 39.2 cm³/mol. The van der Waals surface area contributed by atoms with Crippen molar-refractivity contribution in [3.05, 3.63) is 0 Å². The van der Waals surface area contributed by atoms with Crippen LogP contribution in [0.3, 0.4) is 0 Å². The number of thioether (sulfide) groups is 1. The molecule has 9 heavy (non-hydrogen) atoms. The summed E-state index contributed by atoms with van der Waals surface area (Å²) in [6, 6.07) is 1.92. The molecule has 0 fully saturated rings. The molecule has 1 N–H and O–H groups in total. The molecule has 3 heteroatoms. The van der Waals surface area contributed by atoms with Crippen molar-refractivity contribution in [2.24, 2.45) is 0 Å². The van der Waals surface area contributed by atoms with Crippen molar-refractivity contribution in [3.8, 4) is 6.07 Å². The average molecular weight is 145 g/mol. The summed E-state index contributed by atoms with van der Waals surface area (Å²) in [5, 5.41) is 17.1. The van der Waals surface area contributed by atoms with Crippen molar-refractivity contribution in [2.75, 3.05) is 12.0 Å². The summed E-state index contributed by atoms with van der Waals surface area (Å²) < 4.78 is 0. The Kier molecular flexibility index (Phi) is 5.80. The molecule has 1 atom stereocenters. The number of nitriles is 1. The maximum absolute atomic E-state index is 8.94. The first-order chi connectivity index (χ1) is 4.31. The fourth-order valence-electron chi connectivity index (χ4n) is 0.461. The highest BCUT2D eigenvalue weighted by Crippen LogP contribution is 2.02. The average Bonchev–Trinajstić information content (AvgIpc) is 1.85. The smallest absolute Gasteiger partial charge is 0.0677 e. The van der Waals surface area contributed by atoms with Crippen LogP contribution in [-0.2, 0) is 0 Å². The first-order valence-electron chi connectivity index (χ1n) is 2.85. The highest BCUT2D eigenvalue weighted by atomic mass is 32.2. The van der Waals surface area contributed by atoms with Crippen LogP contribution in [-0.4, -0.2) is 23.2 Å². The molecule has 0 rings (SSSR count). The zero-order valence-electron chi connectivity index (χ0n) is 5.50. The Morgan fingerprint density at radius 1 is 1.78 bits per heavy atom. The molecule has 0 spiro atoms.